The van der Waals surface area contributed by atoms with Gasteiger partial charge < -0.3 is 25.0 Å². The number of nitrogens with zero attached hydrogens (tertiary/aromatic N) is 1. The summed E-state index contributed by atoms with van der Waals surface area (Å²) in [6, 6.07) is 12.9. The zero-order valence-electron chi connectivity index (χ0n) is 24.0. The molecule has 39 heavy (non-hydrogen) atoms. The third-order valence-corrected chi connectivity index (χ3v) is 5.93. The first kappa shape index (κ1) is 31.3. The van der Waals surface area contributed by atoms with Crippen LogP contribution in [0.1, 0.15) is 62.4 Å². The number of carbonyl (C=O) groups excluding carboxylic acids is 4. The predicted molar refractivity (Wildman–Crippen MR) is 149 cm³/mol. The molecule has 0 bridgehead atoms. The monoisotopic (exact) mass is 539 g/mol. The van der Waals surface area contributed by atoms with Crippen molar-refractivity contribution in [1.82, 2.24) is 15.5 Å². The Labute approximate surface area is 231 Å². The van der Waals surface area contributed by atoms with Crippen molar-refractivity contribution < 1.29 is 28.7 Å². The Hall–Kier alpha value is -3.88. The highest BCUT2D eigenvalue weighted by atomic mass is 16.6. The number of nitrogens with one attached hydrogen (secondary N) is 2. The number of hydrogen-bond acceptors (Lipinski definition) is 6. The molecule has 0 aliphatic carbocycles. The van der Waals surface area contributed by atoms with Crippen LogP contribution in [0.5, 0.6) is 0 Å². The summed E-state index contributed by atoms with van der Waals surface area (Å²) < 4.78 is 10.1. The van der Waals surface area contributed by atoms with E-state index in [0.717, 1.165) is 16.7 Å². The Balaban J connectivity index is 2.54. The lowest BCUT2D eigenvalue weighted by molar-refractivity contribution is -0.144. The van der Waals surface area contributed by atoms with Crippen LogP contribution in [0.25, 0.3) is 0 Å². The van der Waals surface area contributed by atoms with E-state index < -0.39 is 41.6 Å². The molecule has 9 nitrogen and oxygen atoms in total. The fourth-order valence-electron chi connectivity index (χ4n) is 4.22. The number of carbonyl (C=O) groups is 4. The standard InChI is InChI=1S/C30H41N3O6/c1-8-16-33(26(27(35)31-19-25(34)38-7)23-15-14-20(2)17-21(23)3)28(36)24(18-22-12-10-9-11-13-22)32-29(37)39-30(4,5)6/h9-15,17,24,26H,8,16,18-19H2,1-7H3,(H,31,35)(H,32,37). The second kappa shape index (κ2) is 14.3. The van der Waals surface area contributed by atoms with Gasteiger partial charge in [0.25, 0.3) is 0 Å². The summed E-state index contributed by atoms with van der Waals surface area (Å²) in [6.07, 6.45) is 0.0243. The van der Waals surface area contributed by atoms with Gasteiger partial charge in [-0.2, -0.15) is 0 Å². The second-order valence-corrected chi connectivity index (χ2v) is 10.5. The van der Waals surface area contributed by atoms with Crippen molar-refractivity contribution >= 4 is 23.9 Å². The molecule has 0 heterocycles. The number of alkyl carbamates (subject to hydrolysis) is 1. The Morgan fingerprint density at radius 1 is 1.00 bits per heavy atom. The predicted octanol–water partition coefficient (Wildman–Crippen LogP) is 4.01. The second-order valence-electron chi connectivity index (χ2n) is 10.5. The Morgan fingerprint density at radius 3 is 2.23 bits per heavy atom. The van der Waals surface area contributed by atoms with Crippen molar-refractivity contribution in [3.05, 3.63) is 70.8 Å². The topological polar surface area (TPSA) is 114 Å². The number of rotatable bonds is 11. The molecule has 0 saturated carbocycles. The van der Waals surface area contributed by atoms with Crippen LogP contribution in [0, 0.1) is 13.8 Å². The van der Waals surface area contributed by atoms with Crippen molar-refractivity contribution in [2.24, 2.45) is 0 Å². The van der Waals surface area contributed by atoms with E-state index in [1.54, 1.807) is 20.8 Å². The molecule has 2 aromatic rings. The van der Waals surface area contributed by atoms with E-state index in [1.807, 2.05) is 69.3 Å². The Morgan fingerprint density at radius 2 is 1.67 bits per heavy atom. The lowest BCUT2D eigenvalue weighted by atomic mass is 9.95. The normalized spacial score (nSPS) is 12.6. The number of esters is 1. The van der Waals surface area contributed by atoms with Gasteiger partial charge in [-0.05, 0) is 57.7 Å². The molecule has 2 unspecified atom stereocenters. The third-order valence-electron chi connectivity index (χ3n) is 5.93. The average Bonchev–Trinajstić information content (AvgIpc) is 2.86. The molecule has 212 valence electrons. The fourth-order valence-corrected chi connectivity index (χ4v) is 4.22. The van der Waals surface area contributed by atoms with Gasteiger partial charge in [0.05, 0.1) is 7.11 Å². The zero-order chi connectivity index (χ0) is 29.2. The molecule has 0 aromatic heterocycles. The highest BCUT2D eigenvalue weighted by Gasteiger charge is 2.36. The van der Waals surface area contributed by atoms with E-state index in [-0.39, 0.29) is 19.5 Å². The average molecular weight is 540 g/mol. The van der Waals surface area contributed by atoms with Crippen LogP contribution < -0.4 is 10.6 Å². The summed E-state index contributed by atoms with van der Waals surface area (Å²) in [5, 5.41) is 5.34. The van der Waals surface area contributed by atoms with Gasteiger partial charge in [0, 0.05) is 13.0 Å². The van der Waals surface area contributed by atoms with E-state index in [2.05, 4.69) is 15.4 Å². The van der Waals surface area contributed by atoms with Crippen LogP contribution in [-0.4, -0.2) is 60.6 Å². The van der Waals surface area contributed by atoms with Gasteiger partial charge in [0.2, 0.25) is 11.8 Å². The molecule has 2 atom stereocenters. The molecule has 0 aliphatic heterocycles. The molecule has 9 heteroatoms. The summed E-state index contributed by atoms with van der Waals surface area (Å²) in [5.74, 6) is -1.57. The molecule has 0 saturated heterocycles. The summed E-state index contributed by atoms with van der Waals surface area (Å²) >= 11 is 0. The van der Waals surface area contributed by atoms with E-state index in [1.165, 1.54) is 12.0 Å². The van der Waals surface area contributed by atoms with Gasteiger partial charge in [-0.25, -0.2) is 4.79 Å². The largest absolute Gasteiger partial charge is 0.468 e. The van der Waals surface area contributed by atoms with Crippen molar-refractivity contribution in [3.63, 3.8) is 0 Å². The minimum Gasteiger partial charge on any atom is -0.468 e. The van der Waals surface area contributed by atoms with Gasteiger partial charge in [-0.1, -0.05) is 61.0 Å². The number of amides is 3. The smallest absolute Gasteiger partial charge is 0.408 e. The fraction of sp³-hybridized carbons (Fsp3) is 0.467. The molecule has 2 rings (SSSR count). The first-order valence-corrected chi connectivity index (χ1v) is 13.1. The minimum absolute atomic E-state index is 0.197. The maximum Gasteiger partial charge on any atom is 0.408 e. The van der Waals surface area contributed by atoms with Crippen LogP contribution in [0.15, 0.2) is 48.5 Å². The maximum absolute atomic E-state index is 14.2. The van der Waals surface area contributed by atoms with E-state index >= 15 is 0 Å². The summed E-state index contributed by atoms with van der Waals surface area (Å²) in [5.41, 5.74) is 2.53. The number of ether oxygens (including phenoxy) is 2. The molecular weight excluding hydrogens is 498 g/mol. The molecule has 0 aliphatic rings. The van der Waals surface area contributed by atoms with Crippen LogP contribution in [0.3, 0.4) is 0 Å². The van der Waals surface area contributed by atoms with Crippen LogP contribution >= 0.6 is 0 Å². The van der Waals surface area contributed by atoms with Gasteiger partial charge in [-0.15, -0.1) is 0 Å². The molecular formula is C30H41N3O6. The van der Waals surface area contributed by atoms with Crippen molar-refractivity contribution in [2.45, 2.75) is 72.1 Å². The SMILES string of the molecule is CCCN(C(=O)C(Cc1ccccc1)NC(=O)OC(C)(C)C)C(C(=O)NCC(=O)OC)c1ccc(C)cc1C. The first-order chi connectivity index (χ1) is 18.4. The van der Waals surface area contributed by atoms with Gasteiger partial charge in [0.15, 0.2) is 0 Å². The van der Waals surface area contributed by atoms with Gasteiger partial charge in [0.1, 0.15) is 24.2 Å². The lowest BCUT2D eigenvalue weighted by Crippen LogP contribution is -2.54. The van der Waals surface area contributed by atoms with Crippen LogP contribution in [0.2, 0.25) is 0 Å². The van der Waals surface area contributed by atoms with Crippen LogP contribution in [0.4, 0.5) is 4.79 Å². The number of benzene rings is 2. The Kier molecular flexibility index (Phi) is 11.5. The number of methoxy groups -OCH3 is 1. The summed E-state index contributed by atoms with van der Waals surface area (Å²) in [4.78, 5) is 53.8. The van der Waals surface area contributed by atoms with Crippen molar-refractivity contribution in [1.29, 1.82) is 0 Å². The molecule has 0 spiro atoms. The van der Waals surface area contributed by atoms with Gasteiger partial charge >= 0.3 is 12.1 Å². The van der Waals surface area contributed by atoms with E-state index in [9.17, 15) is 19.2 Å². The molecule has 2 N–H and O–H groups in total. The highest BCUT2D eigenvalue weighted by Crippen LogP contribution is 2.27. The molecule has 0 radical (unpaired) electrons. The van der Waals surface area contributed by atoms with E-state index in [4.69, 9.17) is 4.74 Å². The van der Waals surface area contributed by atoms with Crippen molar-refractivity contribution in [2.75, 3.05) is 20.2 Å². The highest BCUT2D eigenvalue weighted by molar-refractivity contribution is 5.93. The Bertz CT molecular complexity index is 1140. The quantitative estimate of drug-likeness (QED) is 0.417. The van der Waals surface area contributed by atoms with Crippen molar-refractivity contribution in [3.8, 4) is 0 Å². The zero-order valence-corrected chi connectivity index (χ0v) is 24.0. The number of hydrogen-bond donors (Lipinski definition) is 2. The third kappa shape index (κ3) is 9.74. The maximum atomic E-state index is 14.2. The van der Waals surface area contributed by atoms with Gasteiger partial charge in [-0.3, -0.25) is 14.4 Å². The molecule has 3 amide bonds. The van der Waals surface area contributed by atoms with Crippen LogP contribution in [-0.2, 0) is 30.3 Å². The minimum atomic E-state index is -1.04. The molecule has 0 fully saturated rings. The summed E-state index contributed by atoms with van der Waals surface area (Å²) in [6.45, 7) is 10.8. The lowest BCUT2D eigenvalue weighted by Gasteiger charge is -2.35. The first-order valence-electron chi connectivity index (χ1n) is 13.1. The number of aryl methyl sites for hydroxylation is 2. The molecule has 2 aromatic carbocycles. The van der Waals surface area contributed by atoms with E-state index in [0.29, 0.717) is 12.0 Å². The summed E-state index contributed by atoms with van der Waals surface area (Å²) in [7, 11) is 1.24.